The molecule has 0 radical (unpaired) electrons. The van der Waals surface area contributed by atoms with Crippen LogP contribution in [-0.4, -0.2) is 98.4 Å². The Hall–Kier alpha value is -2.43. The smallest absolute Gasteiger partial charge is 0.414 e. The van der Waals surface area contributed by atoms with Crippen LogP contribution in [-0.2, 0) is 24.4 Å². The highest BCUT2D eigenvalue weighted by Crippen LogP contribution is 2.49. The average molecular weight is 544 g/mol. The second kappa shape index (κ2) is 10.2. The van der Waals surface area contributed by atoms with Gasteiger partial charge in [0, 0.05) is 42.9 Å². The van der Waals surface area contributed by atoms with E-state index in [1.54, 1.807) is 17.0 Å². The summed E-state index contributed by atoms with van der Waals surface area (Å²) < 4.78 is 36.7. The number of amides is 2. The number of benzene rings is 1. The Morgan fingerprint density at radius 2 is 1.51 bits per heavy atom. The number of rotatable bonds is 3. The Bertz CT molecular complexity index is 1080. The molecule has 6 aliphatic rings. The monoisotopic (exact) mass is 543 g/mol. The summed E-state index contributed by atoms with van der Waals surface area (Å²) in [6.45, 7) is 4.51. The number of anilines is 1. The summed E-state index contributed by atoms with van der Waals surface area (Å²) in [5.41, 5.74) is 1.42. The molecule has 6 aliphatic heterocycles. The van der Waals surface area contributed by atoms with Gasteiger partial charge in [0.05, 0.1) is 32.1 Å². The number of hydrogen-bond acceptors (Lipinski definition) is 7. The first kappa shape index (κ1) is 25.5. The van der Waals surface area contributed by atoms with Crippen molar-refractivity contribution in [2.45, 2.75) is 87.1 Å². The van der Waals surface area contributed by atoms with Crippen molar-refractivity contribution < 1.29 is 32.9 Å². The van der Waals surface area contributed by atoms with Crippen LogP contribution in [0.5, 0.6) is 0 Å². The molecule has 39 heavy (non-hydrogen) atoms. The van der Waals surface area contributed by atoms with E-state index in [0.29, 0.717) is 45.4 Å². The van der Waals surface area contributed by atoms with Crippen molar-refractivity contribution in [1.82, 2.24) is 9.80 Å². The maximum Gasteiger partial charge on any atom is 0.414 e. The third-order valence-corrected chi connectivity index (χ3v) is 10.0. The lowest BCUT2D eigenvalue weighted by Crippen LogP contribution is -2.56. The van der Waals surface area contributed by atoms with Gasteiger partial charge in [-0.15, -0.1) is 0 Å². The minimum Gasteiger partial charge on any atom is -0.444 e. The summed E-state index contributed by atoms with van der Waals surface area (Å²) in [7, 11) is 0. The van der Waals surface area contributed by atoms with Crippen molar-refractivity contribution in [2.24, 2.45) is 0 Å². The molecule has 0 aliphatic carbocycles. The van der Waals surface area contributed by atoms with Gasteiger partial charge in [-0.3, -0.25) is 4.90 Å². The van der Waals surface area contributed by atoms with E-state index in [9.17, 15) is 14.0 Å². The SMILES string of the molecule is O=C(O[C@H]1CCOC1)N1CC2(CCN(C3CC4CCC(C3)N4C(=O)O[C@@H]3CCOC3)CC2)c2cc(F)ccc21. The number of nitrogens with zero attached hydrogens (tertiary/aromatic N) is 3. The summed E-state index contributed by atoms with van der Waals surface area (Å²) in [4.78, 5) is 32.4. The molecule has 7 rings (SSSR count). The molecular weight excluding hydrogens is 505 g/mol. The molecule has 5 fully saturated rings. The predicted octanol–water partition coefficient (Wildman–Crippen LogP) is 3.83. The lowest BCUT2D eigenvalue weighted by Gasteiger charge is -2.47. The first-order chi connectivity index (χ1) is 19.0. The fourth-order valence-corrected chi connectivity index (χ4v) is 7.91. The number of carbonyl (C=O) groups excluding carboxylic acids is 2. The molecule has 1 aromatic carbocycles. The van der Waals surface area contributed by atoms with Crippen molar-refractivity contribution in [3.63, 3.8) is 0 Å². The largest absolute Gasteiger partial charge is 0.444 e. The number of hydrogen-bond donors (Lipinski definition) is 0. The van der Waals surface area contributed by atoms with E-state index in [-0.39, 0.29) is 47.7 Å². The molecule has 2 unspecified atom stereocenters. The molecule has 1 spiro atoms. The summed E-state index contributed by atoms with van der Waals surface area (Å²) in [6.07, 6.45) is 6.34. The third kappa shape index (κ3) is 4.68. The molecule has 0 saturated carbocycles. The zero-order chi connectivity index (χ0) is 26.6. The van der Waals surface area contributed by atoms with Crippen molar-refractivity contribution in [3.8, 4) is 0 Å². The molecule has 0 aromatic heterocycles. The van der Waals surface area contributed by atoms with Gasteiger partial charge in [0.2, 0.25) is 0 Å². The Kier molecular flexibility index (Phi) is 6.67. The van der Waals surface area contributed by atoms with Crippen LogP contribution in [0.1, 0.15) is 56.9 Å². The number of fused-ring (bicyclic) bond motifs is 4. The minimum atomic E-state index is -0.363. The maximum atomic E-state index is 14.4. The van der Waals surface area contributed by atoms with E-state index < -0.39 is 0 Å². The quantitative estimate of drug-likeness (QED) is 0.573. The maximum absolute atomic E-state index is 14.4. The Labute approximate surface area is 228 Å². The van der Waals surface area contributed by atoms with E-state index >= 15 is 0 Å². The average Bonchev–Trinajstić information content (AvgIpc) is 3.73. The molecule has 212 valence electrons. The summed E-state index contributed by atoms with van der Waals surface area (Å²) in [5, 5.41) is 0. The molecule has 0 N–H and O–H groups in total. The summed E-state index contributed by atoms with van der Waals surface area (Å²) in [5.74, 6) is -0.269. The normalized spacial score (nSPS) is 33.5. The molecule has 6 heterocycles. The van der Waals surface area contributed by atoms with Gasteiger partial charge >= 0.3 is 12.2 Å². The molecule has 5 saturated heterocycles. The number of carbonyl (C=O) groups is 2. The van der Waals surface area contributed by atoms with E-state index in [0.717, 1.165) is 69.3 Å². The van der Waals surface area contributed by atoms with Crippen molar-refractivity contribution in [2.75, 3.05) is 51.0 Å². The van der Waals surface area contributed by atoms with Crippen LogP contribution in [0.4, 0.5) is 19.7 Å². The van der Waals surface area contributed by atoms with Crippen LogP contribution < -0.4 is 4.90 Å². The second-order valence-corrected chi connectivity index (χ2v) is 12.2. The highest BCUT2D eigenvalue weighted by molar-refractivity contribution is 5.91. The van der Waals surface area contributed by atoms with Crippen LogP contribution in [0.15, 0.2) is 18.2 Å². The number of halogens is 1. The van der Waals surface area contributed by atoms with Crippen LogP contribution in [0.25, 0.3) is 0 Å². The molecule has 2 amide bonds. The number of likely N-dealkylation sites (tertiary alicyclic amines) is 1. The first-order valence-electron chi connectivity index (χ1n) is 14.7. The lowest BCUT2D eigenvalue weighted by atomic mass is 9.73. The van der Waals surface area contributed by atoms with Crippen LogP contribution in [0.3, 0.4) is 0 Å². The highest BCUT2D eigenvalue weighted by atomic mass is 19.1. The zero-order valence-corrected chi connectivity index (χ0v) is 22.4. The molecule has 4 atom stereocenters. The van der Waals surface area contributed by atoms with E-state index in [1.165, 1.54) is 6.07 Å². The van der Waals surface area contributed by atoms with Crippen molar-refractivity contribution in [3.05, 3.63) is 29.6 Å². The second-order valence-electron chi connectivity index (χ2n) is 12.2. The number of ether oxygens (including phenoxy) is 4. The first-order valence-corrected chi connectivity index (χ1v) is 14.7. The van der Waals surface area contributed by atoms with E-state index in [1.807, 2.05) is 4.90 Å². The standard InChI is InChI=1S/C29H38FN3O6/c30-19-1-4-26-25(13-19)29(18-32(26)27(34)38-23-5-11-36-16-23)7-9-31(10-8-29)22-14-20-2-3-21(15-22)33(20)28(35)39-24-6-12-37-17-24/h1,4,13,20-24H,2-3,5-12,14-18H2/t20?,21?,22?,23-,24+/m0/s1. The van der Waals surface area contributed by atoms with Crippen molar-refractivity contribution >= 4 is 17.9 Å². The van der Waals surface area contributed by atoms with Crippen LogP contribution in [0, 0.1) is 5.82 Å². The van der Waals surface area contributed by atoms with E-state index in [4.69, 9.17) is 18.9 Å². The van der Waals surface area contributed by atoms with Gasteiger partial charge in [-0.05, 0) is 75.4 Å². The predicted molar refractivity (Wildman–Crippen MR) is 139 cm³/mol. The fourth-order valence-electron chi connectivity index (χ4n) is 7.91. The molecule has 9 nitrogen and oxygen atoms in total. The third-order valence-electron chi connectivity index (χ3n) is 10.0. The highest BCUT2D eigenvalue weighted by Gasteiger charge is 2.50. The Balaban J connectivity index is 1.01. The van der Waals surface area contributed by atoms with Gasteiger partial charge < -0.3 is 28.7 Å². The molecule has 10 heteroatoms. The Morgan fingerprint density at radius 1 is 0.872 bits per heavy atom. The van der Waals surface area contributed by atoms with Gasteiger partial charge in [0.25, 0.3) is 0 Å². The molecule has 2 bridgehead atoms. The van der Waals surface area contributed by atoms with Gasteiger partial charge in [-0.2, -0.15) is 0 Å². The summed E-state index contributed by atoms with van der Waals surface area (Å²) in [6, 6.07) is 5.66. The van der Waals surface area contributed by atoms with Crippen LogP contribution in [0.2, 0.25) is 0 Å². The molecular formula is C29H38FN3O6. The fraction of sp³-hybridized carbons (Fsp3) is 0.724. The molecule has 1 aromatic rings. The van der Waals surface area contributed by atoms with Gasteiger partial charge in [-0.25, -0.2) is 14.0 Å². The van der Waals surface area contributed by atoms with Gasteiger partial charge in [0.1, 0.15) is 18.0 Å². The van der Waals surface area contributed by atoms with Gasteiger partial charge in [-0.1, -0.05) is 0 Å². The van der Waals surface area contributed by atoms with Crippen LogP contribution >= 0.6 is 0 Å². The van der Waals surface area contributed by atoms with Gasteiger partial charge in [0.15, 0.2) is 0 Å². The summed E-state index contributed by atoms with van der Waals surface area (Å²) >= 11 is 0. The lowest BCUT2D eigenvalue weighted by molar-refractivity contribution is 0.00963. The topological polar surface area (TPSA) is 80.8 Å². The van der Waals surface area contributed by atoms with E-state index in [2.05, 4.69) is 4.90 Å². The number of piperidine rings is 2. The van der Waals surface area contributed by atoms with Crippen molar-refractivity contribution in [1.29, 1.82) is 0 Å². The zero-order valence-electron chi connectivity index (χ0n) is 22.4. The minimum absolute atomic E-state index is 0.115. The Morgan fingerprint density at radius 3 is 2.13 bits per heavy atom.